The Balaban J connectivity index is 2.49. The monoisotopic (exact) mass is 471 g/mol. The molecule has 0 amide bonds. The highest BCUT2D eigenvalue weighted by atomic mass is 127. The molecule has 0 spiro atoms. The number of nitrogen functional groups attached to an aromatic ring is 1. The fourth-order valence-corrected chi connectivity index (χ4v) is 3.70. The van der Waals surface area contributed by atoms with Crippen molar-refractivity contribution in [2.45, 2.75) is 20.3 Å². The molecule has 2 aromatic heterocycles. The first-order chi connectivity index (χ1) is 8.88. The van der Waals surface area contributed by atoms with Crippen LogP contribution >= 0.6 is 61.5 Å². The highest BCUT2D eigenvalue weighted by Gasteiger charge is 2.15. The van der Waals surface area contributed by atoms with Crippen molar-refractivity contribution in [1.29, 1.82) is 0 Å². The summed E-state index contributed by atoms with van der Waals surface area (Å²) in [5.74, 6) is 1.70. The predicted molar refractivity (Wildman–Crippen MR) is 93.7 cm³/mol. The van der Waals surface area contributed by atoms with Gasteiger partial charge in [-0.1, -0.05) is 25.4 Å². The highest BCUT2D eigenvalue weighted by molar-refractivity contribution is 14.1. The van der Waals surface area contributed by atoms with Crippen LogP contribution in [0.25, 0.3) is 10.7 Å². The number of rotatable bonds is 3. The third kappa shape index (κ3) is 3.59. The lowest BCUT2D eigenvalue weighted by atomic mass is 10.1. The van der Waals surface area contributed by atoms with Gasteiger partial charge in [-0.3, -0.25) is 0 Å². The van der Waals surface area contributed by atoms with Gasteiger partial charge in [0.25, 0.3) is 0 Å². The molecular weight excluding hydrogens is 460 g/mol. The van der Waals surface area contributed by atoms with Gasteiger partial charge in [-0.25, -0.2) is 9.97 Å². The van der Waals surface area contributed by atoms with E-state index >= 15 is 0 Å². The summed E-state index contributed by atoms with van der Waals surface area (Å²) in [6.45, 7) is 4.32. The molecule has 0 aliphatic rings. The molecule has 2 rings (SSSR count). The first kappa shape index (κ1) is 15.5. The second-order valence-corrected chi connectivity index (χ2v) is 8.11. The van der Waals surface area contributed by atoms with Gasteiger partial charge < -0.3 is 5.73 Å². The van der Waals surface area contributed by atoms with E-state index in [0.717, 1.165) is 25.0 Å². The molecule has 3 nitrogen and oxygen atoms in total. The van der Waals surface area contributed by atoms with Crippen molar-refractivity contribution in [3.8, 4) is 10.7 Å². The Morgan fingerprint density at radius 2 is 2.16 bits per heavy atom. The van der Waals surface area contributed by atoms with Gasteiger partial charge >= 0.3 is 0 Å². The summed E-state index contributed by atoms with van der Waals surface area (Å²) >= 11 is 13.1. The predicted octanol–water partition coefficient (Wildman–Crippen LogP) is 5.01. The minimum Gasteiger partial charge on any atom is -0.383 e. The van der Waals surface area contributed by atoms with Gasteiger partial charge in [0.2, 0.25) is 0 Å². The summed E-state index contributed by atoms with van der Waals surface area (Å²) in [6.07, 6.45) is 0.887. The molecule has 2 aromatic rings. The van der Waals surface area contributed by atoms with Crippen LogP contribution in [0.5, 0.6) is 0 Å². The molecule has 0 saturated carbocycles. The quantitative estimate of drug-likeness (QED) is 0.640. The number of halogens is 3. The maximum absolute atomic E-state index is 6.06. The molecule has 0 radical (unpaired) electrons. The van der Waals surface area contributed by atoms with Crippen molar-refractivity contribution in [1.82, 2.24) is 9.97 Å². The van der Waals surface area contributed by atoms with Gasteiger partial charge in [-0.05, 0) is 56.9 Å². The van der Waals surface area contributed by atoms with E-state index in [1.165, 1.54) is 11.3 Å². The summed E-state index contributed by atoms with van der Waals surface area (Å²) in [5.41, 5.74) is 6.98. The number of hydrogen-bond acceptors (Lipinski definition) is 4. The smallest absolute Gasteiger partial charge is 0.172 e. The Bertz CT molecular complexity index is 596. The van der Waals surface area contributed by atoms with Crippen LogP contribution in [0.3, 0.4) is 0 Å². The zero-order chi connectivity index (χ0) is 14.2. The molecular formula is C12H12BrClIN3S. The molecule has 2 N–H and O–H groups in total. The fraction of sp³-hybridized carbons (Fsp3) is 0.333. The topological polar surface area (TPSA) is 51.8 Å². The van der Waals surface area contributed by atoms with E-state index < -0.39 is 0 Å². The molecule has 7 heteroatoms. The van der Waals surface area contributed by atoms with E-state index in [1.54, 1.807) is 0 Å². The number of nitrogens with two attached hydrogens (primary N) is 1. The van der Waals surface area contributed by atoms with Crippen LogP contribution in [0.2, 0.25) is 4.34 Å². The lowest BCUT2D eigenvalue weighted by Gasteiger charge is -2.10. The maximum Gasteiger partial charge on any atom is 0.172 e. The maximum atomic E-state index is 6.06. The zero-order valence-corrected chi connectivity index (χ0v) is 15.7. The standard InChI is InChI=1S/C12H12BrClIN3S/c1-5(2)3-7-9(15)11(16)18-12(17-7)8-4-6(13)10(14)19-8/h4-5H,3H2,1-2H3,(H2,16,17,18). The Labute approximate surface area is 143 Å². The van der Waals surface area contributed by atoms with Gasteiger partial charge in [0, 0.05) is 4.47 Å². The third-order valence-corrected chi connectivity index (χ3v) is 6.06. The Morgan fingerprint density at radius 3 is 2.68 bits per heavy atom. The Morgan fingerprint density at radius 1 is 1.47 bits per heavy atom. The van der Waals surface area contributed by atoms with E-state index in [2.05, 4.69) is 62.3 Å². The molecule has 0 aliphatic carbocycles. The summed E-state index contributed by atoms with van der Waals surface area (Å²) in [7, 11) is 0. The van der Waals surface area contributed by atoms with Crippen molar-refractivity contribution in [2.24, 2.45) is 5.92 Å². The normalized spacial score (nSPS) is 11.3. The third-order valence-electron chi connectivity index (χ3n) is 2.41. The van der Waals surface area contributed by atoms with Gasteiger partial charge in [-0.2, -0.15) is 0 Å². The first-order valence-electron chi connectivity index (χ1n) is 5.65. The fourth-order valence-electron chi connectivity index (χ4n) is 1.60. The van der Waals surface area contributed by atoms with Crippen molar-refractivity contribution in [3.63, 3.8) is 0 Å². The largest absolute Gasteiger partial charge is 0.383 e. The molecule has 0 fully saturated rings. The second-order valence-electron chi connectivity index (χ2n) is 4.52. The molecule has 0 saturated heterocycles. The lowest BCUT2D eigenvalue weighted by Crippen LogP contribution is -2.07. The van der Waals surface area contributed by atoms with Crippen molar-refractivity contribution >= 4 is 67.3 Å². The van der Waals surface area contributed by atoms with Crippen LogP contribution in [-0.4, -0.2) is 9.97 Å². The molecule has 0 unspecified atom stereocenters. The highest BCUT2D eigenvalue weighted by Crippen LogP contribution is 2.37. The average Bonchev–Trinajstić information content (AvgIpc) is 2.65. The van der Waals surface area contributed by atoms with Crippen LogP contribution in [0.4, 0.5) is 5.82 Å². The Hall–Kier alpha value is 0.0800. The molecule has 19 heavy (non-hydrogen) atoms. The number of nitrogens with zero attached hydrogens (tertiary/aromatic N) is 2. The van der Waals surface area contributed by atoms with Crippen LogP contribution in [0, 0.1) is 9.49 Å². The number of anilines is 1. The van der Waals surface area contributed by atoms with Crippen LogP contribution in [-0.2, 0) is 6.42 Å². The summed E-state index contributed by atoms with van der Waals surface area (Å²) in [5, 5.41) is 0. The molecule has 2 heterocycles. The number of thiophene rings is 1. The molecule has 0 aromatic carbocycles. The van der Waals surface area contributed by atoms with E-state index in [0.29, 0.717) is 21.9 Å². The minimum absolute atomic E-state index is 0.523. The SMILES string of the molecule is CC(C)Cc1nc(-c2cc(Br)c(Cl)s2)nc(N)c1I. The molecule has 0 bridgehead atoms. The molecule has 0 atom stereocenters. The summed E-state index contributed by atoms with van der Waals surface area (Å²) in [4.78, 5) is 9.91. The number of aromatic nitrogens is 2. The van der Waals surface area contributed by atoms with E-state index in [9.17, 15) is 0 Å². The van der Waals surface area contributed by atoms with Crippen molar-refractivity contribution in [3.05, 3.63) is 24.1 Å². The summed E-state index contributed by atoms with van der Waals surface area (Å²) < 4.78 is 2.50. The van der Waals surface area contributed by atoms with E-state index in [4.69, 9.17) is 17.3 Å². The minimum atomic E-state index is 0.523. The molecule has 102 valence electrons. The van der Waals surface area contributed by atoms with Gasteiger partial charge in [0.1, 0.15) is 10.2 Å². The van der Waals surface area contributed by atoms with E-state index in [1.807, 2.05) is 6.07 Å². The second kappa shape index (κ2) is 6.24. The molecule has 0 aliphatic heterocycles. The van der Waals surface area contributed by atoms with Crippen LogP contribution < -0.4 is 5.73 Å². The van der Waals surface area contributed by atoms with Crippen LogP contribution in [0.1, 0.15) is 19.5 Å². The average molecular weight is 473 g/mol. The summed E-state index contributed by atoms with van der Waals surface area (Å²) in [6, 6.07) is 1.92. The Kier molecular flexibility index (Phi) is 5.08. The lowest BCUT2D eigenvalue weighted by molar-refractivity contribution is 0.632. The van der Waals surface area contributed by atoms with Crippen molar-refractivity contribution < 1.29 is 0 Å². The van der Waals surface area contributed by atoms with Crippen LogP contribution in [0.15, 0.2) is 10.5 Å². The zero-order valence-electron chi connectivity index (χ0n) is 10.4. The van der Waals surface area contributed by atoms with Gasteiger partial charge in [0.15, 0.2) is 5.82 Å². The van der Waals surface area contributed by atoms with Gasteiger partial charge in [0.05, 0.1) is 14.1 Å². The van der Waals surface area contributed by atoms with Crippen molar-refractivity contribution in [2.75, 3.05) is 5.73 Å². The number of hydrogen-bond donors (Lipinski definition) is 1. The van der Waals surface area contributed by atoms with Gasteiger partial charge in [-0.15, -0.1) is 11.3 Å². The van der Waals surface area contributed by atoms with E-state index in [-0.39, 0.29) is 0 Å². The first-order valence-corrected chi connectivity index (χ1v) is 8.72.